The van der Waals surface area contributed by atoms with Gasteiger partial charge in [0.1, 0.15) is 25.4 Å². The van der Waals surface area contributed by atoms with Crippen LogP contribution in [0.4, 0.5) is 9.59 Å². The first-order valence-electron chi connectivity index (χ1n) is 16.4. The van der Waals surface area contributed by atoms with Gasteiger partial charge in [-0.25, -0.2) is 9.59 Å². The van der Waals surface area contributed by atoms with E-state index in [0.29, 0.717) is 12.8 Å². The molecule has 0 unspecified atom stereocenters. The molecular formula is C39H42N2O8. The van der Waals surface area contributed by atoms with Gasteiger partial charge in [0.2, 0.25) is 0 Å². The van der Waals surface area contributed by atoms with Crippen molar-refractivity contribution in [2.24, 2.45) is 0 Å². The average molecular weight is 667 g/mol. The van der Waals surface area contributed by atoms with Gasteiger partial charge in [-0.05, 0) is 42.0 Å². The summed E-state index contributed by atoms with van der Waals surface area (Å²) in [6.07, 6.45) is -2.43. The van der Waals surface area contributed by atoms with Gasteiger partial charge in [0.15, 0.2) is 5.79 Å². The lowest BCUT2D eigenvalue weighted by atomic mass is 9.91. The standard InChI is InChI=1S/C39H42N2O8/c1-39(23-22-34(42)43)48-35(32(24-28-14-6-2-7-15-28)40-37(44)46-26-30-18-10-4-11-19-30)36(49-39)33(25-29-16-8-3-9-17-29)41-38(45)47-27-31-20-12-5-13-21-31/h2-21,32-33,35-36H,22-27H2,1H3,(H,40,44)(H,41,45)(H,42,43)/t32-,33-,35+,36+/m0/s1. The lowest BCUT2D eigenvalue weighted by molar-refractivity contribution is -0.174. The van der Waals surface area contributed by atoms with Crippen molar-refractivity contribution in [3.05, 3.63) is 144 Å². The molecule has 5 rings (SSSR count). The fraction of sp³-hybridized carbons (Fsp3) is 0.308. The van der Waals surface area contributed by atoms with E-state index in [-0.39, 0.29) is 26.1 Å². The van der Waals surface area contributed by atoms with E-state index >= 15 is 0 Å². The Morgan fingerprint density at radius 2 is 0.980 bits per heavy atom. The van der Waals surface area contributed by atoms with E-state index in [1.165, 1.54) is 0 Å². The maximum absolute atomic E-state index is 13.3. The first-order valence-corrected chi connectivity index (χ1v) is 16.4. The number of ether oxygens (including phenoxy) is 4. The van der Waals surface area contributed by atoms with Crippen LogP contribution in [0.25, 0.3) is 0 Å². The van der Waals surface area contributed by atoms with Gasteiger partial charge in [0, 0.05) is 6.42 Å². The maximum atomic E-state index is 13.3. The number of nitrogens with one attached hydrogen (secondary N) is 2. The summed E-state index contributed by atoms with van der Waals surface area (Å²) in [5.74, 6) is -2.33. The van der Waals surface area contributed by atoms with Crippen LogP contribution in [-0.2, 0) is 49.8 Å². The van der Waals surface area contributed by atoms with Gasteiger partial charge < -0.3 is 34.7 Å². The summed E-state index contributed by atoms with van der Waals surface area (Å²) in [6.45, 7) is 1.82. The zero-order valence-electron chi connectivity index (χ0n) is 27.4. The summed E-state index contributed by atoms with van der Waals surface area (Å²) in [4.78, 5) is 38.3. The third-order valence-corrected chi connectivity index (χ3v) is 8.31. The molecule has 4 aromatic carbocycles. The molecule has 0 radical (unpaired) electrons. The molecule has 4 aromatic rings. The van der Waals surface area contributed by atoms with Crippen molar-refractivity contribution < 1.29 is 38.4 Å². The predicted octanol–water partition coefficient (Wildman–Crippen LogP) is 6.43. The number of carboxylic acids is 1. The van der Waals surface area contributed by atoms with Gasteiger partial charge in [-0.1, -0.05) is 121 Å². The maximum Gasteiger partial charge on any atom is 0.407 e. The van der Waals surface area contributed by atoms with Crippen LogP contribution in [0.1, 0.15) is 42.0 Å². The third kappa shape index (κ3) is 10.9. The molecule has 1 aliphatic rings. The molecule has 0 bridgehead atoms. The highest BCUT2D eigenvalue weighted by Crippen LogP contribution is 2.37. The van der Waals surface area contributed by atoms with Crippen LogP contribution in [-0.4, -0.2) is 53.3 Å². The lowest BCUT2D eigenvalue weighted by Gasteiger charge is -2.32. The SMILES string of the molecule is CC1(CCC(=O)O)O[C@H]([C@H](Cc2ccccc2)NC(=O)OCc2ccccc2)[C@@H]([C@H](Cc2ccccc2)NC(=O)OCc2ccccc2)O1. The Balaban J connectivity index is 1.44. The van der Waals surface area contributed by atoms with E-state index in [4.69, 9.17) is 18.9 Å². The molecule has 0 spiro atoms. The largest absolute Gasteiger partial charge is 0.481 e. The van der Waals surface area contributed by atoms with Gasteiger partial charge in [0.25, 0.3) is 0 Å². The van der Waals surface area contributed by atoms with E-state index in [0.717, 1.165) is 22.3 Å². The summed E-state index contributed by atoms with van der Waals surface area (Å²) in [6, 6.07) is 36.5. The molecule has 4 atom stereocenters. The van der Waals surface area contributed by atoms with Crippen LogP contribution in [0.2, 0.25) is 0 Å². The van der Waals surface area contributed by atoms with Crippen LogP contribution in [0.5, 0.6) is 0 Å². The fourth-order valence-electron chi connectivity index (χ4n) is 5.88. The quantitative estimate of drug-likeness (QED) is 0.132. The zero-order valence-corrected chi connectivity index (χ0v) is 27.4. The number of rotatable bonds is 15. The molecule has 2 amide bonds. The van der Waals surface area contributed by atoms with E-state index in [9.17, 15) is 19.5 Å². The molecule has 1 heterocycles. The zero-order chi connectivity index (χ0) is 34.5. The number of carbonyl (C=O) groups excluding carboxylic acids is 2. The van der Waals surface area contributed by atoms with Crippen LogP contribution in [0.3, 0.4) is 0 Å². The Kier molecular flexibility index (Phi) is 12.4. The highest BCUT2D eigenvalue weighted by molar-refractivity contribution is 5.68. The Hall–Kier alpha value is -5.19. The molecular weight excluding hydrogens is 624 g/mol. The second-order valence-electron chi connectivity index (χ2n) is 12.2. The van der Waals surface area contributed by atoms with Crippen LogP contribution < -0.4 is 10.6 Å². The fourth-order valence-corrected chi connectivity index (χ4v) is 5.88. The van der Waals surface area contributed by atoms with Crippen molar-refractivity contribution in [2.75, 3.05) is 0 Å². The first-order chi connectivity index (χ1) is 23.8. The molecule has 3 N–H and O–H groups in total. The average Bonchev–Trinajstić information content (AvgIpc) is 3.48. The summed E-state index contributed by atoms with van der Waals surface area (Å²) in [5.41, 5.74) is 3.51. The van der Waals surface area contributed by atoms with E-state index in [2.05, 4.69) is 10.6 Å². The molecule has 0 saturated carbocycles. The second-order valence-corrected chi connectivity index (χ2v) is 12.2. The van der Waals surface area contributed by atoms with E-state index < -0.39 is 48.2 Å². The summed E-state index contributed by atoms with van der Waals surface area (Å²) in [7, 11) is 0. The van der Waals surface area contributed by atoms with Gasteiger partial charge in [0.05, 0.1) is 18.5 Å². The van der Waals surface area contributed by atoms with Crippen molar-refractivity contribution in [3.63, 3.8) is 0 Å². The van der Waals surface area contributed by atoms with Gasteiger partial charge in [-0.2, -0.15) is 0 Å². The molecule has 49 heavy (non-hydrogen) atoms. The number of hydrogen-bond acceptors (Lipinski definition) is 7. The van der Waals surface area contributed by atoms with Crippen molar-refractivity contribution in [1.29, 1.82) is 0 Å². The second kappa shape index (κ2) is 17.3. The van der Waals surface area contributed by atoms with E-state index in [1.54, 1.807) is 6.92 Å². The highest BCUT2D eigenvalue weighted by Gasteiger charge is 2.51. The Morgan fingerprint density at radius 1 is 0.633 bits per heavy atom. The van der Waals surface area contributed by atoms with E-state index in [1.807, 2.05) is 121 Å². The predicted molar refractivity (Wildman–Crippen MR) is 182 cm³/mol. The number of carbonyl (C=O) groups is 3. The highest BCUT2D eigenvalue weighted by atomic mass is 16.8. The number of amides is 2. The Bertz CT molecular complexity index is 1510. The molecule has 256 valence electrons. The number of carboxylic acid groups (broad SMARTS) is 1. The number of alkyl carbamates (subject to hydrolysis) is 2. The number of benzene rings is 4. The summed E-state index contributed by atoms with van der Waals surface area (Å²) in [5, 5.41) is 15.5. The third-order valence-electron chi connectivity index (χ3n) is 8.31. The number of aliphatic carboxylic acids is 1. The van der Waals surface area contributed by atoms with Crippen LogP contribution in [0, 0.1) is 0 Å². The van der Waals surface area contributed by atoms with Crippen molar-refractivity contribution in [2.45, 2.75) is 75.9 Å². The van der Waals surface area contributed by atoms with Gasteiger partial charge in [-0.15, -0.1) is 0 Å². The molecule has 1 aliphatic heterocycles. The van der Waals surface area contributed by atoms with Crippen LogP contribution in [0.15, 0.2) is 121 Å². The van der Waals surface area contributed by atoms with Gasteiger partial charge in [-0.3, -0.25) is 4.79 Å². The molecule has 0 aliphatic carbocycles. The van der Waals surface area contributed by atoms with Crippen LogP contribution >= 0.6 is 0 Å². The molecule has 1 fully saturated rings. The minimum atomic E-state index is -1.33. The lowest BCUT2D eigenvalue weighted by Crippen LogP contribution is -2.56. The Morgan fingerprint density at radius 3 is 1.33 bits per heavy atom. The normalized spacial score (nSPS) is 17.7. The smallest absolute Gasteiger partial charge is 0.407 e. The molecule has 10 heteroatoms. The van der Waals surface area contributed by atoms with Gasteiger partial charge >= 0.3 is 18.2 Å². The monoisotopic (exact) mass is 666 g/mol. The first kappa shape index (κ1) is 35.1. The number of hydrogen-bond donors (Lipinski definition) is 3. The minimum Gasteiger partial charge on any atom is -0.481 e. The summed E-state index contributed by atoms with van der Waals surface area (Å²) >= 11 is 0. The molecule has 10 nitrogen and oxygen atoms in total. The van der Waals surface area contributed by atoms with Crippen molar-refractivity contribution in [3.8, 4) is 0 Å². The topological polar surface area (TPSA) is 132 Å². The molecule has 0 aromatic heterocycles. The molecule has 1 saturated heterocycles. The minimum absolute atomic E-state index is 0.0440. The van der Waals surface area contributed by atoms with Crippen molar-refractivity contribution in [1.82, 2.24) is 10.6 Å². The Labute approximate surface area is 286 Å². The summed E-state index contributed by atoms with van der Waals surface area (Å²) < 4.78 is 24.4. The van der Waals surface area contributed by atoms with Crippen molar-refractivity contribution >= 4 is 18.2 Å².